The minimum atomic E-state index is -0.0172. The SMILES string of the molecule is Cc1ccc(-c2ccc(C(=O)NCC3CCCN3c3nccs3)cc2)cc1. The van der Waals surface area contributed by atoms with Crippen molar-refractivity contribution in [2.75, 3.05) is 18.0 Å². The van der Waals surface area contributed by atoms with E-state index in [1.165, 1.54) is 5.56 Å². The molecule has 1 fully saturated rings. The van der Waals surface area contributed by atoms with Crippen LogP contribution in [0.1, 0.15) is 28.8 Å². The molecule has 1 unspecified atom stereocenters. The maximum atomic E-state index is 12.5. The molecule has 3 aromatic rings. The monoisotopic (exact) mass is 377 g/mol. The predicted molar refractivity (Wildman–Crippen MR) is 111 cm³/mol. The van der Waals surface area contributed by atoms with E-state index >= 15 is 0 Å². The van der Waals surface area contributed by atoms with Crippen LogP contribution in [-0.4, -0.2) is 30.0 Å². The molecule has 1 atom stereocenters. The van der Waals surface area contributed by atoms with E-state index in [4.69, 9.17) is 0 Å². The summed E-state index contributed by atoms with van der Waals surface area (Å²) in [5.41, 5.74) is 4.23. The number of thiazole rings is 1. The Morgan fingerprint density at radius 1 is 1.15 bits per heavy atom. The summed E-state index contributed by atoms with van der Waals surface area (Å²) in [6.45, 7) is 3.74. The fourth-order valence-corrected chi connectivity index (χ4v) is 4.27. The number of rotatable bonds is 5. The van der Waals surface area contributed by atoms with Gasteiger partial charge in [-0.25, -0.2) is 4.98 Å². The maximum absolute atomic E-state index is 12.5. The molecule has 1 aliphatic heterocycles. The highest BCUT2D eigenvalue weighted by Crippen LogP contribution is 2.27. The van der Waals surface area contributed by atoms with Gasteiger partial charge in [-0.05, 0) is 43.0 Å². The van der Waals surface area contributed by atoms with Crippen LogP contribution in [0.4, 0.5) is 5.13 Å². The molecule has 2 aromatic carbocycles. The zero-order valence-electron chi connectivity index (χ0n) is 15.4. The lowest BCUT2D eigenvalue weighted by Gasteiger charge is -2.24. The Kier molecular flexibility index (Phi) is 5.21. The Morgan fingerprint density at radius 2 is 1.85 bits per heavy atom. The van der Waals surface area contributed by atoms with Gasteiger partial charge in [0.25, 0.3) is 5.91 Å². The van der Waals surface area contributed by atoms with Crippen molar-refractivity contribution in [3.05, 3.63) is 71.2 Å². The number of hydrogen-bond donors (Lipinski definition) is 1. The van der Waals surface area contributed by atoms with Crippen LogP contribution in [-0.2, 0) is 0 Å². The lowest BCUT2D eigenvalue weighted by molar-refractivity contribution is 0.0951. The summed E-state index contributed by atoms with van der Waals surface area (Å²) >= 11 is 1.66. The van der Waals surface area contributed by atoms with E-state index in [0.29, 0.717) is 18.2 Å². The summed E-state index contributed by atoms with van der Waals surface area (Å²) in [7, 11) is 0. The highest BCUT2D eigenvalue weighted by atomic mass is 32.1. The number of hydrogen-bond acceptors (Lipinski definition) is 4. The summed E-state index contributed by atoms with van der Waals surface area (Å²) in [5, 5.41) is 6.14. The molecule has 0 bridgehead atoms. The molecule has 1 saturated heterocycles. The van der Waals surface area contributed by atoms with Crippen molar-refractivity contribution in [1.82, 2.24) is 10.3 Å². The largest absolute Gasteiger partial charge is 0.350 e. The van der Waals surface area contributed by atoms with E-state index in [2.05, 4.69) is 46.4 Å². The first-order valence-corrected chi connectivity index (χ1v) is 10.2. The molecule has 4 nitrogen and oxygen atoms in total. The van der Waals surface area contributed by atoms with Gasteiger partial charge in [-0.3, -0.25) is 4.79 Å². The van der Waals surface area contributed by atoms with Crippen molar-refractivity contribution in [2.24, 2.45) is 0 Å². The fourth-order valence-electron chi connectivity index (χ4n) is 3.53. The van der Waals surface area contributed by atoms with E-state index in [1.54, 1.807) is 11.3 Å². The Hall–Kier alpha value is -2.66. The van der Waals surface area contributed by atoms with Gasteiger partial charge in [0.15, 0.2) is 5.13 Å². The minimum absolute atomic E-state index is 0.0172. The van der Waals surface area contributed by atoms with Crippen LogP contribution in [0.25, 0.3) is 11.1 Å². The maximum Gasteiger partial charge on any atom is 0.251 e. The average molecular weight is 378 g/mol. The van der Waals surface area contributed by atoms with Crippen molar-refractivity contribution >= 4 is 22.4 Å². The van der Waals surface area contributed by atoms with Crippen molar-refractivity contribution in [1.29, 1.82) is 0 Å². The second kappa shape index (κ2) is 7.92. The minimum Gasteiger partial charge on any atom is -0.350 e. The van der Waals surface area contributed by atoms with Crippen LogP contribution in [0.3, 0.4) is 0 Å². The molecule has 27 heavy (non-hydrogen) atoms. The number of amides is 1. The molecule has 0 saturated carbocycles. The second-order valence-electron chi connectivity index (χ2n) is 6.96. The van der Waals surface area contributed by atoms with E-state index in [-0.39, 0.29) is 5.91 Å². The molecule has 2 heterocycles. The van der Waals surface area contributed by atoms with Gasteiger partial charge in [0.2, 0.25) is 0 Å². The summed E-state index contributed by atoms with van der Waals surface area (Å²) in [4.78, 5) is 19.3. The molecular weight excluding hydrogens is 354 g/mol. The number of carbonyl (C=O) groups is 1. The van der Waals surface area contributed by atoms with Gasteiger partial charge >= 0.3 is 0 Å². The zero-order chi connectivity index (χ0) is 18.6. The van der Waals surface area contributed by atoms with Crippen LogP contribution in [0.15, 0.2) is 60.1 Å². The Morgan fingerprint density at radius 3 is 2.52 bits per heavy atom. The molecule has 1 N–H and O–H groups in total. The van der Waals surface area contributed by atoms with Crippen LogP contribution in [0.5, 0.6) is 0 Å². The fraction of sp³-hybridized carbons (Fsp3) is 0.273. The third-order valence-corrected chi connectivity index (χ3v) is 5.88. The third-order valence-electron chi connectivity index (χ3n) is 5.07. The van der Waals surface area contributed by atoms with E-state index < -0.39 is 0 Å². The Labute approximate surface area is 163 Å². The number of anilines is 1. The topological polar surface area (TPSA) is 45.2 Å². The van der Waals surface area contributed by atoms with Crippen molar-refractivity contribution in [3.8, 4) is 11.1 Å². The molecule has 1 amide bonds. The number of nitrogens with zero attached hydrogens (tertiary/aromatic N) is 2. The average Bonchev–Trinajstić information content (AvgIpc) is 3.38. The summed E-state index contributed by atoms with van der Waals surface area (Å²) in [5.74, 6) is -0.0172. The lowest BCUT2D eigenvalue weighted by Crippen LogP contribution is -2.40. The van der Waals surface area contributed by atoms with Crippen LogP contribution in [0.2, 0.25) is 0 Å². The molecule has 0 spiro atoms. The number of nitrogens with one attached hydrogen (secondary N) is 1. The van der Waals surface area contributed by atoms with Gasteiger partial charge < -0.3 is 10.2 Å². The second-order valence-corrected chi connectivity index (χ2v) is 7.83. The van der Waals surface area contributed by atoms with Crippen LogP contribution in [0, 0.1) is 6.92 Å². The molecule has 0 aliphatic carbocycles. The first kappa shape index (κ1) is 17.7. The molecule has 4 rings (SSSR count). The summed E-state index contributed by atoms with van der Waals surface area (Å²) < 4.78 is 0. The Bertz CT molecular complexity index is 888. The summed E-state index contributed by atoms with van der Waals surface area (Å²) in [6, 6.07) is 16.6. The molecule has 1 aromatic heterocycles. The standard InChI is InChI=1S/C22H23N3OS/c1-16-4-6-17(7-5-16)18-8-10-19(11-9-18)21(26)24-15-20-3-2-13-25(20)22-23-12-14-27-22/h4-12,14,20H,2-3,13,15H2,1H3,(H,24,26). The number of aryl methyl sites for hydroxylation is 1. The first-order chi connectivity index (χ1) is 13.2. The van der Waals surface area contributed by atoms with Crippen LogP contribution < -0.4 is 10.2 Å². The van der Waals surface area contributed by atoms with E-state index in [0.717, 1.165) is 35.6 Å². The van der Waals surface area contributed by atoms with Crippen molar-refractivity contribution in [2.45, 2.75) is 25.8 Å². The van der Waals surface area contributed by atoms with Gasteiger partial charge in [0.05, 0.1) is 0 Å². The molecular formula is C22H23N3OS. The number of aromatic nitrogens is 1. The predicted octanol–water partition coefficient (Wildman–Crippen LogP) is 4.52. The summed E-state index contributed by atoms with van der Waals surface area (Å²) in [6.07, 6.45) is 4.07. The van der Waals surface area contributed by atoms with Gasteiger partial charge in [0, 0.05) is 36.3 Å². The molecule has 0 radical (unpaired) electrons. The molecule has 138 valence electrons. The highest BCUT2D eigenvalue weighted by molar-refractivity contribution is 7.13. The normalized spacial score (nSPS) is 16.5. The first-order valence-electron chi connectivity index (χ1n) is 9.32. The lowest BCUT2D eigenvalue weighted by atomic mass is 10.0. The van der Waals surface area contributed by atoms with Crippen molar-refractivity contribution < 1.29 is 4.79 Å². The van der Waals surface area contributed by atoms with Crippen LogP contribution >= 0.6 is 11.3 Å². The van der Waals surface area contributed by atoms with Crippen molar-refractivity contribution in [3.63, 3.8) is 0 Å². The molecule has 5 heteroatoms. The Balaban J connectivity index is 1.37. The van der Waals surface area contributed by atoms with Gasteiger partial charge in [-0.15, -0.1) is 11.3 Å². The van der Waals surface area contributed by atoms with Gasteiger partial charge in [-0.2, -0.15) is 0 Å². The highest BCUT2D eigenvalue weighted by Gasteiger charge is 2.26. The van der Waals surface area contributed by atoms with Gasteiger partial charge in [0.1, 0.15) is 0 Å². The van der Waals surface area contributed by atoms with Gasteiger partial charge in [-0.1, -0.05) is 42.0 Å². The molecule has 1 aliphatic rings. The third kappa shape index (κ3) is 4.03. The van der Waals surface area contributed by atoms with E-state index in [9.17, 15) is 4.79 Å². The quantitative estimate of drug-likeness (QED) is 0.711. The van der Waals surface area contributed by atoms with E-state index in [1.807, 2.05) is 35.8 Å². The number of carbonyl (C=O) groups excluding carboxylic acids is 1. The smallest absolute Gasteiger partial charge is 0.251 e. The number of benzene rings is 2. The zero-order valence-corrected chi connectivity index (χ0v) is 16.2.